The summed E-state index contributed by atoms with van der Waals surface area (Å²) in [5.41, 5.74) is 2.30. The Labute approximate surface area is 168 Å². The highest BCUT2D eigenvalue weighted by molar-refractivity contribution is 6.31. The molecule has 4 rings (SSSR count). The summed E-state index contributed by atoms with van der Waals surface area (Å²) in [7, 11) is 0. The molecule has 0 N–H and O–H groups in total. The first-order valence-electron chi connectivity index (χ1n) is 9.36. The lowest BCUT2D eigenvalue weighted by atomic mass is 10.1. The van der Waals surface area contributed by atoms with Crippen LogP contribution in [0, 0.1) is 11.3 Å². The Hall–Kier alpha value is -2.81. The van der Waals surface area contributed by atoms with Crippen LogP contribution in [0.5, 0.6) is 5.75 Å². The number of likely N-dealkylation sites (tertiary alicyclic amines) is 1. The van der Waals surface area contributed by atoms with Crippen molar-refractivity contribution in [3.8, 4) is 11.8 Å². The Balaban J connectivity index is 1.59. The smallest absolute Gasteiger partial charge is 0.167 e. The maximum Gasteiger partial charge on any atom is 0.167 e. The van der Waals surface area contributed by atoms with E-state index in [9.17, 15) is 5.26 Å². The summed E-state index contributed by atoms with van der Waals surface area (Å²) >= 11 is 6.10. The Morgan fingerprint density at radius 1 is 1.25 bits per heavy atom. The van der Waals surface area contributed by atoms with E-state index in [1.54, 1.807) is 24.3 Å². The number of nitrogens with zero attached hydrogens (tertiary/aromatic N) is 3. The first-order valence-corrected chi connectivity index (χ1v) is 9.74. The largest absolute Gasteiger partial charge is 0.492 e. The molecule has 1 aliphatic rings. The SMILES string of the molecule is N#C/C(=C\c1ccccc1OCCN1CCCC1)c1noc2ccc(Cl)cc12. The summed E-state index contributed by atoms with van der Waals surface area (Å²) in [6.45, 7) is 3.82. The summed E-state index contributed by atoms with van der Waals surface area (Å²) in [5.74, 6) is 0.750. The molecule has 0 atom stereocenters. The van der Waals surface area contributed by atoms with Gasteiger partial charge in [-0.25, -0.2) is 0 Å². The van der Waals surface area contributed by atoms with Gasteiger partial charge in [-0.2, -0.15) is 5.26 Å². The molecular weight excluding hydrogens is 374 g/mol. The standard InChI is InChI=1S/C22H20ClN3O2/c23-18-7-8-21-19(14-18)22(25-28-21)17(15-24)13-16-5-1-2-6-20(16)27-12-11-26-9-3-4-10-26/h1-2,5-8,13-14H,3-4,9-12H2/b17-13+. The van der Waals surface area contributed by atoms with E-state index < -0.39 is 0 Å². The van der Waals surface area contributed by atoms with Crippen LogP contribution in [-0.2, 0) is 0 Å². The highest BCUT2D eigenvalue weighted by Gasteiger charge is 2.15. The molecule has 2 aromatic carbocycles. The summed E-state index contributed by atoms with van der Waals surface area (Å²) < 4.78 is 11.3. The maximum atomic E-state index is 9.72. The molecule has 2 heterocycles. The predicted octanol–water partition coefficient (Wildman–Crippen LogP) is 5.02. The molecule has 0 bridgehead atoms. The van der Waals surface area contributed by atoms with Gasteiger partial charge in [0.2, 0.25) is 0 Å². The van der Waals surface area contributed by atoms with E-state index in [-0.39, 0.29) is 0 Å². The van der Waals surface area contributed by atoms with E-state index in [0.717, 1.165) is 30.9 Å². The number of para-hydroxylation sites is 1. The summed E-state index contributed by atoms with van der Waals surface area (Å²) in [4.78, 5) is 2.41. The Bertz CT molecular complexity index is 1050. The van der Waals surface area contributed by atoms with E-state index in [0.29, 0.717) is 33.9 Å². The van der Waals surface area contributed by atoms with Gasteiger partial charge < -0.3 is 9.26 Å². The second-order valence-electron chi connectivity index (χ2n) is 6.78. The minimum Gasteiger partial charge on any atom is -0.492 e. The third-order valence-corrected chi connectivity index (χ3v) is 5.13. The first-order chi connectivity index (χ1) is 13.7. The average Bonchev–Trinajstić information content (AvgIpc) is 3.37. The number of ether oxygens (including phenoxy) is 1. The van der Waals surface area contributed by atoms with Gasteiger partial charge in [0.05, 0.1) is 11.0 Å². The van der Waals surface area contributed by atoms with Crippen LogP contribution in [0.15, 0.2) is 47.0 Å². The number of fused-ring (bicyclic) bond motifs is 1. The van der Waals surface area contributed by atoms with E-state index in [4.69, 9.17) is 20.9 Å². The number of hydrogen-bond donors (Lipinski definition) is 0. The van der Waals surface area contributed by atoms with Crippen LogP contribution in [0.25, 0.3) is 22.6 Å². The van der Waals surface area contributed by atoms with Crippen molar-refractivity contribution < 1.29 is 9.26 Å². The van der Waals surface area contributed by atoms with Crippen LogP contribution < -0.4 is 4.74 Å². The lowest BCUT2D eigenvalue weighted by Gasteiger charge is -2.15. The van der Waals surface area contributed by atoms with E-state index in [1.807, 2.05) is 24.3 Å². The van der Waals surface area contributed by atoms with Crippen molar-refractivity contribution >= 4 is 34.2 Å². The quantitative estimate of drug-likeness (QED) is 0.550. The van der Waals surface area contributed by atoms with Crippen molar-refractivity contribution in [2.75, 3.05) is 26.2 Å². The molecule has 6 heteroatoms. The van der Waals surface area contributed by atoms with Gasteiger partial charge in [0.15, 0.2) is 5.58 Å². The normalized spacial score (nSPS) is 15.1. The zero-order valence-electron chi connectivity index (χ0n) is 15.4. The highest BCUT2D eigenvalue weighted by Crippen LogP contribution is 2.30. The van der Waals surface area contributed by atoms with Crippen molar-refractivity contribution in [2.24, 2.45) is 0 Å². The maximum absolute atomic E-state index is 9.72. The van der Waals surface area contributed by atoms with Gasteiger partial charge in [0.1, 0.15) is 24.1 Å². The molecule has 0 amide bonds. The van der Waals surface area contributed by atoms with Crippen molar-refractivity contribution in [1.29, 1.82) is 5.26 Å². The number of benzene rings is 2. The van der Waals surface area contributed by atoms with Crippen LogP contribution in [0.4, 0.5) is 0 Å². The topological polar surface area (TPSA) is 62.3 Å². The van der Waals surface area contributed by atoms with Gasteiger partial charge in [0.25, 0.3) is 0 Å². The molecule has 0 unspecified atom stereocenters. The zero-order valence-corrected chi connectivity index (χ0v) is 16.2. The molecule has 0 radical (unpaired) electrons. The monoisotopic (exact) mass is 393 g/mol. The van der Waals surface area contributed by atoms with Gasteiger partial charge in [-0.1, -0.05) is 35.0 Å². The molecule has 1 aromatic heterocycles. The number of allylic oxidation sites excluding steroid dienone is 1. The molecule has 0 aliphatic carbocycles. The van der Waals surface area contributed by atoms with Crippen LogP contribution in [-0.4, -0.2) is 36.3 Å². The molecule has 0 spiro atoms. The Morgan fingerprint density at radius 2 is 2.07 bits per heavy atom. The van der Waals surface area contributed by atoms with Gasteiger partial charge in [-0.15, -0.1) is 0 Å². The summed E-state index contributed by atoms with van der Waals surface area (Å²) in [6.07, 6.45) is 4.31. The molecule has 1 aliphatic heterocycles. The van der Waals surface area contributed by atoms with Gasteiger partial charge in [-0.05, 0) is 56.3 Å². The second-order valence-corrected chi connectivity index (χ2v) is 7.21. The molecule has 3 aromatic rings. The van der Waals surface area contributed by atoms with E-state index >= 15 is 0 Å². The number of rotatable bonds is 6. The lowest BCUT2D eigenvalue weighted by molar-refractivity contribution is 0.237. The molecule has 1 saturated heterocycles. The summed E-state index contributed by atoms with van der Waals surface area (Å²) in [6, 6.07) is 15.2. The molecule has 1 fully saturated rings. The minimum atomic E-state index is 0.400. The fourth-order valence-corrected chi connectivity index (χ4v) is 3.61. The Kier molecular flexibility index (Phi) is 5.61. The highest BCUT2D eigenvalue weighted by atomic mass is 35.5. The molecule has 0 saturated carbocycles. The minimum absolute atomic E-state index is 0.400. The van der Waals surface area contributed by atoms with Crippen LogP contribution in [0.2, 0.25) is 5.02 Å². The van der Waals surface area contributed by atoms with Crippen LogP contribution in [0.1, 0.15) is 24.1 Å². The van der Waals surface area contributed by atoms with Gasteiger partial charge >= 0.3 is 0 Å². The summed E-state index contributed by atoms with van der Waals surface area (Å²) in [5, 5.41) is 15.1. The van der Waals surface area contributed by atoms with Gasteiger partial charge in [0, 0.05) is 17.1 Å². The number of nitriles is 1. The zero-order chi connectivity index (χ0) is 19.3. The van der Waals surface area contributed by atoms with Crippen molar-refractivity contribution in [2.45, 2.75) is 12.8 Å². The van der Waals surface area contributed by atoms with Crippen molar-refractivity contribution in [1.82, 2.24) is 10.1 Å². The molecule has 28 heavy (non-hydrogen) atoms. The fourth-order valence-electron chi connectivity index (χ4n) is 3.44. The molecule has 142 valence electrons. The Morgan fingerprint density at radius 3 is 2.89 bits per heavy atom. The average molecular weight is 394 g/mol. The first kappa shape index (κ1) is 18.5. The second kappa shape index (κ2) is 8.47. The van der Waals surface area contributed by atoms with E-state index in [1.165, 1.54) is 12.8 Å². The number of halogens is 1. The fraction of sp³-hybridized carbons (Fsp3) is 0.273. The molecule has 5 nitrogen and oxygen atoms in total. The number of hydrogen-bond acceptors (Lipinski definition) is 5. The third-order valence-electron chi connectivity index (χ3n) is 4.89. The lowest BCUT2D eigenvalue weighted by Crippen LogP contribution is -2.25. The number of aromatic nitrogens is 1. The van der Waals surface area contributed by atoms with Crippen LogP contribution >= 0.6 is 11.6 Å². The van der Waals surface area contributed by atoms with Crippen LogP contribution in [0.3, 0.4) is 0 Å². The van der Waals surface area contributed by atoms with Gasteiger partial charge in [-0.3, -0.25) is 4.90 Å². The van der Waals surface area contributed by atoms with E-state index in [2.05, 4.69) is 16.1 Å². The van der Waals surface area contributed by atoms with Crippen molar-refractivity contribution in [3.63, 3.8) is 0 Å². The third kappa shape index (κ3) is 4.04. The molecular formula is C22H20ClN3O2. The predicted molar refractivity (Wildman–Crippen MR) is 110 cm³/mol. The van der Waals surface area contributed by atoms with Crippen molar-refractivity contribution in [3.05, 3.63) is 58.7 Å².